The molecule has 0 fully saturated rings. The molecule has 0 radical (unpaired) electrons. The van der Waals surface area contributed by atoms with Gasteiger partial charge in [0.2, 0.25) is 0 Å². The largest absolute Gasteiger partial charge is 0.483 e. The molecule has 1 N–H and O–H groups in total. The predicted octanol–water partition coefficient (Wildman–Crippen LogP) is 1.93. The van der Waals surface area contributed by atoms with E-state index in [4.69, 9.17) is 13.9 Å². The Labute approximate surface area is 126 Å². The Morgan fingerprint density at radius 3 is 2.64 bits per heavy atom. The quantitative estimate of drug-likeness (QED) is 0.640. The van der Waals surface area contributed by atoms with E-state index in [1.54, 1.807) is 32.0 Å². The Kier molecular flexibility index (Phi) is 3.21. The van der Waals surface area contributed by atoms with Gasteiger partial charge in [0.05, 0.1) is 5.56 Å². The van der Waals surface area contributed by atoms with Crippen molar-refractivity contribution in [2.75, 3.05) is 0 Å². The summed E-state index contributed by atoms with van der Waals surface area (Å²) in [5.74, 6) is -0.117. The number of esters is 1. The summed E-state index contributed by atoms with van der Waals surface area (Å²) in [5, 5.41) is 11.3. The summed E-state index contributed by atoms with van der Waals surface area (Å²) >= 11 is 0. The Morgan fingerprint density at radius 2 is 1.95 bits per heavy atom. The molecule has 2 aromatic rings. The smallest absolute Gasteiger partial charge is 0.336 e. The monoisotopic (exact) mass is 304 g/mol. The maximum Gasteiger partial charge on any atom is 0.336 e. The molecule has 0 saturated heterocycles. The van der Waals surface area contributed by atoms with Crippen LogP contribution in [-0.4, -0.2) is 22.8 Å². The van der Waals surface area contributed by atoms with Gasteiger partial charge in [-0.05, 0) is 32.0 Å². The van der Waals surface area contributed by atoms with Crippen LogP contribution in [0.5, 0.6) is 5.75 Å². The lowest BCUT2D eigenvalue weighted by Crippen LogP contribution is -2.51. The van der Waals surface area contributed by atoms with Crippen molar-refractivity contribution in [3.63, 3.8) is 0 Å². The highest BCUT2D eigenvalue weighted by molar-refractivity contribution is 5.83. The van der Waals surface area contributed by atoms with Crippen LogP contribution in [0.4, 0.5) is 0 Å². The highest BCUT2D eigenvalue weighted by Gasteiger charge is 2.46. The lowest BCUT2D eigenvalue weighted by molar-refractivity contribution is -0.174. The van der Waals surface area contributed by atoms with E-state index in [9.17, 15) is 14.7 Å². The molecular weight excluding hydrogens is 288 g/mol. The van der Waals surface area contributed by atoms with Gasteiger partial charge in [0, 0.05) is 18.4 Å². The fourth-order valence-electron chi connectivity index (χ4n) is 2.76. The molecule has 0 spiro atoms. The molecule has 2 atom stereocenters. The number of hydrogen-bond donors (Lipinski definition) is 1. The minimum atomic E-state index is -1.16. The number of aliphatic hydroxyl groups excluding tert-OH is 1. The van der Waals surface area contributed by atoms with Crippen molar-refractivity contribution < 1.29 is 23.8 Å². The van der Waals surface area contributed by atoms with Crippen LogP contribution in [0, 0.1) is 0 Å². The molecule has 1 aromatic carbocycles. The van der Waals surface area contributed by atoms with Gasteiger partial charge in [-0.15, -0.1) is 0 Å². The van der Waals surface area contributed by atoms with Crippen LogP contribution < -0.4 is 10.4 Å². The van der Waals surface area contributed by atoms with Crippen molar-refractivity contribution in [3.05, 3.63) is 40.2 Å². The molecule has 1 aliphatic rings. The topological polar surface area (TPSA) is 86.0 Å². The molecular formula is C16H16O6. The van der Waals surface area contributed by atoms with Crippen molar-refractivity contribution in [2.45, 2.75) is 38.6 Å². The summed E-state index contributed by atoms with van der Waals surface area (Å²) in [7, 11) is 0. The van der Waals surface area contributed by atoms with Gasteiger partial charge in [-0.1, -0.05) is 0 Å². The zero-order valence-corrected chi connectivity index (χ0v) is 12.5. The van der Waals surface area contributed by atoms with E-state index in [0.717, 1.165) is 0 Å². The van der Waals surface area contributed by atoms with Gasteiger partial charge in [-0.25, -0.2) is 4.79 Å². The molecule has 1 aliphatic heterocycles. The summed E-state index contributed by atoms with van der Waals surface area (Å²) in [6.45, 7) is 4.71. The molecule has 3 rings (SSSR count). The Hall–Kier alpha value is -2.34. The van der Waals surface area contributed by atoms with Crippen LogP contribution in [0.1, 0.15) is 32.4 Å². The number of hydrogen-bond acceptors (Lipinski definition) is 6. The van der Waals surface area contributed by atoms with Gasteiger partial charge in [0.15, 0.2) is 6.10 Å². The first-order valence-electron chi connectivity index (χ1n) is 6.90. The average Bonchev–Trinajstić information content (AvgIpc) is 2.42. The number of carbonyl (C=O) groups is 1. The van der Waals surface area contributed by atoms with Crippen LogP contribution in [0.25, 0.3) is 11.0 Å². The third-order valence-corrected chi connectivity index (χ3v) is 3.72. The third kappa shape index (κ3) is 2.25. The van der Waals surface area contributed by atoms with E-state index >= 15 is 0 Å². The molecule has 6 heteroatoms. The molecule has 116 valence electrons. The minimum absolute atomic E-state index is 0.241. The molecule has 22 heavy (non-hydrogen) atoms. The Bertz CT molecular complexity index is 804. The second kappa shape index (κ2) is 4.84. The van der Waals surface area contributed by atoms with Crippen LogP contribution in [0.3, 0.4) is 0 Å². The zero-order chi connectivity index (χ0) is 16.1. The maximum absolute atomic E-state index is 11.5. The molecule has 0 aliphatic carbocycles. The second-order valence-corrected chi connectivity index (χ2v) is 5.83. The highest BCUT2D eigenvalue weighted by atomic mass is 16.6. The van der Waals surface area contributed by atoms with Gasteiger partial charge in [-0.2, -0.15) is 0 Å². The molecule has 0 bridgehead atoms. The lowest BCUT2D eigenvalue weighted by Gasteiger charge is -2.41. The summed E-state index contributed by atoms with van der Waals surface area (Å²) in [6.07, 6.45) is -2.06. The van der Waals surface area contributed by atoms with Crippen molar-refractivity contribution in [3.8, 4) is 5.75 Å². The predicted molar refractivity (Wildman–Crippen MR) is 77.7 cm³/mol. The van der Waals surface area contributed by atoms with Crippen LogP contribution in [-0.2, 0) is 9.53 Å². The Morgan fingerprint density at radius 1 is 1.27 bits per heavy atom. The molecule has 2 heterocycles. The van der Waals surface area contributed by atoms with E-state index in [1.165, 1.54) is 13.0 Å². The van der Waals surface area contributed by atoms with Crippen LogP contribution >= 0.6 is 0 Å². The normalized spacial score (nSPS) is 22.7. The van der Waals surface area contributed by atoms with E-state index in [-0.39, 0.29) is 5.58 Å². The van der Waals surface area contributed by atoms with E-state index in [2.05, 4.69) is 0 Å². The van der Waals surface area contributed by atoms with Crippen molar-refractivity contribution in [1.82, 2.24) is 0 Å². The van der Waals surface area contributed by atoms with E-state index < -0.39 is 29.4 Å². The van der Waals surface area contributed by atoms with Crippen molar-refractivity contribution >= 4 is 16.9 Å². The third-order valence-electron chi connectivity index (χ3n) is 3.72. The summed E-state index contributed by atoms with van der Waals surface area (Å²) in [5.41, 5.74) is -0.881. The number of aliphatic hydroxyl groups is 1. The summed E-state index contributed by atoms with van der Waals surface area (Å²) in [6, 6.07) is 6.35. The first-order valence-corrected chi connectivity index (χ1v) is 6.90. The van der Waals surface area contributed by atoms with Gasteiger partial charge in [0.1, 0.15) is 23.0 Å². The fraction of sp³-hybridized carbons (Fsp3) is 0.375. The molecule has 1 aromatic heterocycles. The Balaban J connectivity index is 2.23. The van der Waals surface area contributed by atoms with Gasteiger partial charge >= 0.3 is 11.6 Å². The van der Waals surface area contributed by atoms with Gasteiger partial charge in [-0.3, -0.25) is 4.79 Å². The molecule has 0 amide bonds. The first kappa shape index (κ1) is 14.6. The SMILES string of the molecule is CC(=O)O[C@H]1C(O)c2c(ccc3ccc(=O)oc23)OC1(C)C. The summed E-state index contributed by atoms with van der Waals surface area (Å²) in [4.78, 5) is 22.8. The number of rotatable bonds is 1. The van der Waals surface area contributed by atoms with Crippen LogP contribution in [0.2, 0.25) is 0 Å². The average molecular weight is 304 g/mol. The maximum atomic E-state index is 11.5. The van der Waals surface area contributed by atoms with Crippen molar-refractivity contribution in [1.29, 1.82) is 0 Å². The fourth-order valence-corrected chi connectivity index (χ4v) is 2.76. The van der Waals surface area contributed by atoms with Gasteiger partial charge in [0.25, 0.3) is 0 Å². The lowest BCUT2D eigenvalue weighted by atomic mass is 9.87. The van der Waals surface area contributed by atoms with E-state index in [0.29, 0.717) is 16.7 Å². The number of benzene rings is 1. The van der Waals surface area contributed by atoms with E-state index in [1.807, 2.05) is 0 Å². The molecule has 6 nitrogen and oxygen atoms in total. The number of ether oxygens (including phenoxy) is 2. The standard InChI is InChI=1S/C16H16O6/c1-8(17)20-15-13(19)12-10(22-16(15,2)3)6-4-9-5-7-11(18)21-14(9)12/h4-7,13,15,19H,1-3H3/t13?,15-/m0/s1. The van der Waals surface area contributed by atoms with Gasteiger partial charge < -0.3 is 19.0 Å². The first-order chi connectivity index (χ1) is 10.3. The zero-order valence-electron chi connectivity index (χ0n) is 12.5. The van der Waals surface area contributed by atoms with Crippen molar-refractivity contribution in [2.24, 2.45) is 0 Å². The highest BCUT2D eigenvalue weighted by Crippen LogP contribution is 2.44. The molecule has 0 saturated carbocycles. The number of carbonyl (C=O) groups excluding carboxylic acids is 1. The summed E-state index contributed by atoms with van der Waals surface area (Å²) < 4.78 is 16.3. The minimum Gasteiger partial charge on any atom is -0.483 e. The second-order valence-electron chi connectivity index (χ2n) is 5.83. The molecule has 1 unspecified atom stereocenters. The number of fused-ring (bicyclic) bond motifs is 3. The van der Waals surface area contributed by atoms with Crippen LogP contribution in [0.15, 0.2) is 33.5 Å².